The van der Waals surface area contributed by atoms with Crippen LogP contribution < -0.4 is 5.32 Å². The molecule has 28 heavy (non-hydrogen) atoms. The molecule has 3 aromatic rings. The van der Waals surface area contributed by atoms with E-state index in [-0.39, 0.29) is 11.7 Å². The zero-order valence-electron chi connectivity index (χ0n) is 15.8. The highest BCUT2D eigenvalue weighted by molar-refractivity contribution is 5.88. The summed E-state index contributed by atoms with van der Waals surface area (Å²) in [5, 5.41) is 7.42. The molecule has 2 aromatic carbocycles. The smallest absolute Gasteiger partial charge is 0.230 e. The molecule has 0 radical (unpaired) electrons. The Balaban J connectivity index is 1.51. The largest absolute Gasteiger partial charge is 0.351 e. The van der Waals surface area contributed by atoms with Crippen LogP contribution in [-0.4, -0.2) is 15.7 Å². The Labute approximate surface area is 164 Å². The molecule has 0 bridgehead atoms. The topological polar surface area (TPSA) is 46.9 Å². The Morgan fingerprint density at radius 1 is 1.04 bits per heavy atom. The number of aromatic nitrogens is 2. The number of halogens is 1. The summed E-state index contributed by atoms with van der Waals surface area (Å²) in [4.78, 5) is 13.2. The highest BCUT2D eigenvalue weighted by atomic mass is 19.1. The molecule has 1 saturated carbocycles. The van der Waals surface area contributed by atoms with E-state index in [4.69, 9.17) is 0 Å². The number of nitrogens with zero attached hydrogens (tertiary/aromatic N) is 2. The summed E-state index contributed by atoms with van der Waals surface area (Å²) in [6, 6.07) is 16.4. The van der Waals surface area contributed by atoms with Gasteiger partial charge in [0.2, 0.25) is 5.91 Å². The normalized spacial score (nSPS) is 15.5. The van der Waals surface area contributed by atoms with Crippen molar-refractivity contribution in [2.45, 2.75) is 44.2 Å². The number of nitrogens with one attached hydrogen (secondary N) is 1. The van der Waals surface area contributed by atoms with Crippen molar-refractivity contribution in [1.29, 1.82) is 0 Å². The van der Waals surface area contributed by atoms with Crippen LogP contribution >= 0.6 is 0 Å². The number of amides is 1. The molecule has 0 saturated heterocycles. The lowest BCUT2D eigenvalue weighted by molar-refractivity contribution is -0.126. The number of carbonyl (C=O) groups is 1. The van der Waals surface area contributed by atoms with Crippen LogP contribution in [0.1, 0.15) is 42.4 Å². The SMILES string of the molecule is O=C(NCc1ccccc1Cn1cccn1)C1(c2ccc(F)cc2)CCCC1. The third-order valence-corrected chi connectivity index (χ3v) is 5.74. The minimum atomic E-state index is -0.551. The predicted octanol–water partition coefficient (Wildman–Crippen LogP) is 4.20. The molecule has 144 valence electrons. The molecule has 0 atom stereocenters. The number of rotatable bonds is 6. The summed E-state index contributed by atoms with van der Waals surface area (Å²) in [7, 11) is 0. The lowest BCUT2D eigenvalue weighted by atomic mass is 9.78. The lowest BCUT2D eigenvalue weighted by Crippen LogP contribution is -2.42. The molecule has 1 aromatic heterocycles. The number of hydrogen-bond acceptors (Lipinski definition) is 2. The van der Waals surface area contributed by atoms with Crippen LogP contribution in [0, 0.1) is 5.82 Å². The van der Waals surface area contributed by atoms with E-state index < -0.39 is 5.41 Å². The van der Waals surface area contributed by atoms with E-state index in [0.29, 0.717) is 13.1 Å². The quantitative estimate of drug-likeness (QED) is 0.700. The van der Waals surface area contributed by atoms with Gasteiger partial charge in [0.05, 0.1) is 12.0 Å². The third-order valence-electron chi connectivity index (χ3n) is 5.74. The summed E-state index contributed by atoms with van der Waals surface area (Å²) < 4.78 is 15.2. The van der Waals surface area contributed by atoms with Crippen molar-refractivity contribution in [1.82, 2.24) is 15.1 Å². The molecule has 4 rings (SSSR count). The second-order valence-electron chi connectivity index (χ2n) is 7.45. The Hall–Kier alpha value is -2.95. The third kappa shape index (κ3) is 3.70. The van der Waals surface area contributed by atoms with Crippen LogP contribution in [0.15, 0.2) is 67.0 Å². The molecule has 5 heteroatoms. The number of carbonyl (C=O) groups excluding carboxylic acids is 1. The van der Waals surface area contributed by atoms with Crippen LogP contribution in [0.3, 0.4) is 0 Å². The van der Waals surface area contributed by atoms with Crippen LogP contribution in [0.5, 0.6) is 0 Å². The minimum Gasteiger partial charge on any atom is -0.351 e. The molecule has 0 spiro atoms. The van der Waals surface area contributed by atoms with Crippen LogP contribution in [-0.2, 0) is 23.3 Å². The molecule has 4 nitrogen and oxygen atoms in total. The minimum absolute atomic E-state index is 0.0329. The fourth-order valence-electron chi connectivity index (χ4n) is 4.19. The van der Waals surface area contributed by atoms with Crippen molar-refractivity contribution in [3.63, 3.8) is 0 Å². The van der Waals surface area contributed by atoms with E-state index in [0.717, 1.165) is 42.4 Å². The van der Waals surface area contributed by atoms with Crippen molar-refractivity contribution < 1.29 is 9.18 Å². The van der Waals surface area contributed by atoms with E-state index in [1.54, 1.807) is 18.3 Å². The van der Waals surface area contributed by atoms with Crippen LogP contribution in [0.2, 0.25) is 0 Å². The molecule has 1 N–H and O–H groups in total. The summed E-state index contributed by atoms with van der Waals surface area (Å²) in [5.41, 5.74) is 2.58. The first-order valence-corrected chi connectivity index (χ1v) is 9.76. The van der Waals surface area contributed by atoms with Crippen molar-refractivity contribution in [2.75, 3.05) is 0 Å². The van der Waals surface area contributed by atoms with Gasteiger partial charge in [-0.1, -0.05) is 49.2 Å². The van der Waals surface area contributed by atoms with Crippen molar-refractivity contribution in [3.05, 3.63) is 89.5 Å². The molecule has 0 unspecified atom stereocenters. The van der Waals surface area contributed by atoms with Gasteiger partial charge in [-0.3, -0.25) is 9.48 Å². The predicted molar refractivity (Wildman–Crippen MR) is 106 cm³/mol. The van der Waals surface area contributed by atoms with Gasteiger partial charge in [-0.2, -0.15) is 5.10 Å². The zero-order chi connectivity index (χ0) is 19.4. The summed E-state index contributed by atoms with van der Waals surface area (Å²) in [6.45, 7) is 1.14. The molecule has 1 aliphatic carbocycles. The van der Waals surface area contributed by atoms with Crippen molar-refractivity contribution in [3.8, 4) is 0 Å². The summed E-state index contributed by atoms with van der Waals surface area (Å²) in [5.74, 6) is -0.240. The average Bonchev–Trinajstić information content (AvgIpc) is 3.40. The van der Waals surface area contributed by atoms with Gasteiger partial charge in [-0.05, 0) is 47.7 Å². The van der Waals surface area contributed by atoms with Gasteiger partial charge in [-0.25, -0.2) is 4.39 Å². The van der Waals surface area contributed by atoms with E-state index in [1.165, 1.54) is 12.1 Å². The second kappa shape index (κ2) is 7.97. The maximum absolute atomic E-state index is 13.4. The van der Waals surface area contributed by atoms with E-state index in [9.17, 15) is 9.18 Å². The van der Waals surface area contributed by atoms with Gasteiger partial charge in [0.25, 0.3) is 0 Å². The van der Waals surface area contributed by atoms with E-state index in [2.05, 4.69) is 16.5 Å². The van der Waals surface area contributed by atoms with Crippen LogP contribution in [0.25, 0.3) is 0 Å². The maximum atomic E-state index is 13.4. The standard InChI is InChI=1S/C23H24FN3O/c24-21-10-8-20(9-11-21)23(12-3-4-13-23)22(28)25-16-18-6-1-2-7-19(18)17-27-15-5-14-26-27/h1-2,5-11,14-15H,3-4,12-13,16-17H2,(H,25,28). The summed E-state index contributed by atoms with van der Waals surface area (Å²) >= 11 is 0. The first-order chi connectivity index (χ1) is 13.7. The van der Waals surface area contributed by atoms with Gasteiger partial charge in [-0.15, -0.1) is 0 Å². The molecular formula is C23H24FN3O. The molecule has 0 aliphatic heterocycles. The van der Waals surface area contributed by atoms with Gasteiger partial charge in [0.15, 0.2) is 0 Å². The monoisotopic (exact) mass is 377 g/mol. The highest BCUT2D eigenvalue weighted by Gasteiger charge is 2.42. The number of benzene rings is 2. The fraction of sp³-hybridized carbons (Fsp3) is 0.304. The van der Waals surface area contributed by atoms with Crippen molar-refractivity contribution in [2.24, 2.45) is 0 Å². The van der Waals surface area contributed by atoms with Gasteiger partial charge < -0.3 is 5.32 Å². The Morgan fingerprint density at radius 2 is 1.75 bits per heavy atom. The molecular weight excluding hydrogens is 353 g/mol. The van der Waals surface area contributed by atoms with E-state index >= 15 is 0 Å². The molecule has 1 fully saturated rings. The average molecular weight is 377 g/mol. The zero-order valence-corrected chi connectivity index (χ0v) is 15.8. The first-order valence-electron chi connectivity index (χ1n) is 9.76. The van der Waals surface area contributed by atoms with Gasteiger partial charge in [0.1, 0.15) is 5.82 Å². The van der Waals surface area contributed by atoms with Crippen LogP contribution in [0.4, 0.5) is 4.39 Å². The maximum Gasteiger partial charge on any atom is 0.230 e. The Morgan fingerprint density at radius 3 is 2.43 bits per heavy atom. The molecule has 1 heterocycles. The fourth-order valence-corrected chi connectivity index (χ4v) is 4.19. The first kappa shape index (κ1) is 18.4. The Bertz CT molecular complexity index is 929. The summed E-state index contributed by atoms with van der Waals surface area (Å²) in [6.07, 6.45) is 7.33. The highest BCUT2D eigenvalue weighted by Crippen LogP contribution is 2.41. The second-order valence-corrected chi connectivity index (χ2v) is 7.45. The Kier molecular flexibility index (Phi) is 5.24. The molecule has 1 amide bonds. The lowest BCUT2D eigenvalue weighted by Gasteiger charge is -2.28. The molecule has 1 aliphatic rings. The van der Waals surface area contributed by atoms with Gasteiger partial charge in [0, 0.05) is 18.9 Å². The van der Waals surface area contributed by atoms with Gasteiger partial charge >= 0.3 is 0 Å². The van der Waals surface area contributed by atoms with E-state index in [1.807, 2.05) is 35.1 Å². The number of hydrogen-bond donors (Lipinski definition) is 1. The van der Waals surface area contributed by atoms with Crippen molar-refractivity contribution >= 4 is 5.91 Å².